The number of nitrogens with one attached hydrogen (secondary N) is 1. The zero-order chi connectivity index (χ0) is 21.6. The minimum atomic E-state index is -0.381. The van der Waals surface area contributed by atoms with Crippen LogP contribution in [0.15, 0.2) is 54.6 Å². The molecule has 7 heteroatoms. The number of carbonyl (C=O) groups is 1. The van der Waals surface area contributed by atoms with Crippen LogP contribution in [0.4, 0.5) is 8.78 Å². The summed E-state index contributed by atoms with van der Waals surface area (Å²) in [6, 6.07) is 14.5. The van der Waals surface area contributed by atoms with Gasteiger partial charge in [0, 0.05) is 25.1 Å². The number of nitrogens with zero attached hydrogens (tertiary/aromatic N) is 2. The van der Waals surface area contributed by atoms with Crippen molar-refractivity contribution in [1.82, 2.24) is 15.1 Å². The summed E-state index contributed by atoms with van der Waals surface area (Å²) in [6.45, 7) is 1.04. The number of halogens is 2. The van der Waals surface area contributed by atoms with E-state index in [2.05, 4.69) is 10.2 Å². The molecule has 2 heterocycles. The number of benzene rings is 2. The van der Waals surface area contributed by atoms with Gasteiger partial charge in [-0.2, -0.15) is 5.10 Å². The van der Waals surface area contributed by atoms with Crippen LogP contribution in [0.5, 0.6) is 5.75 Å². The van der Waals surface area contributed by atoms with Gasteiger partial charge in [-0.3, -0.25) is 9.89 Å². The summed E-state index contributed by atoms with van der Waals surface area (Å²) >= 11 is 0. The van der Waals surface area contributed by atoms with Crippen molar-refractivity contribution in [2.75, 3.05) is 13.2 Å². The van der Waals surface area contributed by atoms with Crippen LogP contribution in [0.25, 0.3) is 0 Å². The SMILES string of the molecule is O=C(CCc1ccc(F)cc1)N1CCC[C@H]1c1cc(CCOc2ccccc2F)[nH]n1. The molecule has 1 atom stereocenters. The lowest BCUT2D eigenvalue weighted by molar-refractivity contribution is -0.132. The molecule has 0 unspecified atom stereocenters. The van der Waals surface area contributed by atoms with Crippen LogP contribution in [0.1, 0.15) is 42.3 Å². The molecule has 0 saturated carbocycles. The number of amides is 1. The molecular weight excluding hydrogens is 400 g/mol. The van der Waals surface area contributed by atoms with E-state index < -0.39 is 0 Å². The van der Waals surface area contributed by atoms with Gasteiger partial charge in [-0.1, -0.05) is 24.3 Å². The fourth-order valence-corrected chi connectivity index (χ4v) is 3.93. The summed E-state index contributed by atoms with van der Waals surface area (Å²) in [7, 11) is 0. The Morgan fingerprint density at radius 1 is 1.13 bits per heavy atom. The molecule has 0 aliphatic carbocycles. The normalized spacial score (nSPS) is 15.9. The standard InChI is InChI=1S/C24H25F2N3O2/c25-18-10-7-17(8-11-18)9-12-24(30)29-14-3-5-22(29)21-16-19(27-28-21)13-15-31-23-6-2-1-4-20(23)26/h1-2,4,6-8,10-11,16,22H,3,5,9,12-15H2,(H,27,28)/t22-/m0/s1. The monoisotopic (exact) mass is 425 g/mol. The summed E-state index contributed by atoms with van der Waals surface area (Å²) in [6.07, 6.45) is 3.34. The molecule has 1 aliphatic heterocycles. The van der Waals surface area contributed by atoms with Crippen molar-refractivity contribution in [2.45, 2.75) is 38.1 Å². The van der Waals surface area contributed by atoms with Gasteiger partial charge < -0.3 is 9.64 Å². The second kappa shape index (κ2) is 9.73. The van der Waals surface area contributed by atoms with Crippen molar-refractivity contribution in [3.05, 3.63) is 83.2 Å². The quantitative estimate of drug-likeness (QED) is 0.574. The first-order valence-electron chi connectivity index (χ1n) is 10.6. The zero-order valence-corrected chi connectivity index (χ0v) is 17.2. The van der Waals surface area contributed by atoms with Gasteiger partial charge in [0.2, 0.25) is 5.91 Å². The molecule has 3 aromatic rings. The van der Waals surface area contributed by atoms with Crippen LogP contribution in [0.2, 0.25) is 0 Å². The average molecular weight is 425 g/mol. The number of ether oxygens (including phenoxy) is 1. The molecular formula is C24H25F2N3O2. The number of hydrogen-bond donors (Lipinski definition) is 1. The topological polar surface area (TPSA) is 58.2 Å². The van der Waals surface area contributed by atoms with Gasteiger partial charge in [0.1, 0.15) is 5.82 Å². The van der Waals surface area contributed by atoms with Crippen molar-refractivity contribution >= 4 is 5.91 Å². The largest absolute Gasteiger partial charge is 0.490 e. The molecule has 1 N–H and O–H groups in total. The van der Waals surface area contributed by atoms with E-state index in [-0.39, 0.29) is 29.3 Å². The summed E-state index contributed by atoms with van der Waals surface area (Å²) in [5.74, 6) is -0.341. The van der Waals surface area contributed by atoms with E-state index in [9.17, 15) is 13.6 Å². The molecule has 0 spiro atoms. The average Bonchev–Trinajstić information content (AvgIpc) is 3.44. The number of hydrogen-bond acceptors (Lipinski definition) is 3. The fraction of sp³-hybridized carbons (Fsp3) is 0.333. The minimum absolute atomic E-state index is 0.0433. The highest BCUT2D eigenvalue weighted by Crippen LogP contribution is 2.32. The van der Waals surface area contributed by atoms with Crippen LogP contribution in [0.3, 0.4) is 0 Å². The summed E-state index contributed by atoms with van der Waals surface area (Å²) < 4.78 is 32.2. The smallest absolute Gasteiger partial charge is 0.223 e. The first-order valence-corrected chi connectivity index (χ1v) is 10.6. The van der Waals surface area contributed by atoms with Gasteiger partial charge >= 0.3 is 0 Å². The first-order chi connectivity index (χ1) is 15.1. The molecule has 2 aromatic carbocycles. The number of rotatable bonds is 8. The second-order valence-corrected chi connectivity index (χ2v) is 7.72. The van der Waals surface area contributed by atoms with Crippen LogP contribution in [-0.4, -0.2) is 34.2 Å². The van der Waals surface area contributed by atoms with Gasteiger partial charge in [0.05, 0.1) is 18.3 Å². The van der Waals surface area contributed by atoms with Crippen LogP contribution >= 0.6 is 0 Å². The molecule has 1 fully saturated rings. The highest BCUT2D eigenvalue weighted by Gasteiger charge is 2.31. The molecule has 4 rings (SSSR count). The summed E-state index contributed by atoms with van der Waals surface area (Å²) in [5, 5.41) is 7.42. The van der Waals surface area contributed by atoms with Crippen molar-refractivity contribution in [3.63, 3.8) is 0 Å². The first kappa shape index (κ1) is 21.0. The number of carbonyl (C=O) groups excluding carboxylic acids is 1. The number of H-pyrrole nitrogens is 1. The molecule has 1 aromatic heterocycles. The van der Waals surface area contributed by atoms with Gasteiger partial charge in [0.15, 0.2) is 11.6 Å². The van der Waals surface area contributed by atoms with Crippen LogP contribution in [0, 0.1) is 11.6 Å². The number of aryl methyl sites for hydroxylation is 1. The summed E-state index contributed by atoms with van der Waals surface area (Å²) in [4.78, 5) is 14.7. The third-order valence-corrected chi connectivity index (χ3v) is 5.57. The van der Waals surface area contributed by atoms with Crippen molar-refractivity contribution < 1.29 is 18.3 Å². The lowest BCUT2D eigenvalue weighted by atomic mass is 10.1. The minimum Gasteiger partial charge on any atom is -0.490 e. The molecule has 162 valence electrons. The molecule has 1 aliphatic rings. The maximum Gasteiger partial charge on any atom is 0.223 e. The fourth-order valence-electron chi connectivity index (χ4n) is 3.93. The Hall–Kier alpha value is -3.22. The van der Waals surface area contributed by atoms with Crippen molar-refractivity contribution in [3.8, 4) is 5.75 Å². The molecule has 0 radical (unpaired) electrons. The molecule has 0 bridgehead atoms. The van der Waals surface area contributed by atoms with Crippen molar-refractivity contribution in [1.29, 1.82) is 0 Å². The molecule has 1 saturated heterocycles. The van der Waals surface area contributed by atoms with Gasteiger partial charge in [-0.15, -0.1) is 0 Å². The predicted octanol–water partition coefficient (Wildman–Crippen LogP) is 4.61. The highest BCUT2D eigenvalue weighted by molar-refractivity contribution is 5.77. The van der Waals surface area contributed by atoms with Crippen LogP contribution in [-0.2, 0) is 17.6 Å². The van der Waals surface area contributed by atoms with Gasteiger partial charge in [0.25, 0.3) is 0 Å². The lowest BCUT2D eigenvalue weighted by Crippen LogP contribution is -2.30. The van der Waals surface area contributed by atoms with E-state index in [4.69, 9.17) is 4.74 Å². The Balaban J connectivity index is 1.31. The Morgan fingerprint density at radius 2 is 1.94 bits per heavy atom. The molecule has 1 amide bonds. The number of aromatic nitrogens is 2. The Kier molecular flexibility index (Phi) is 6.60. The van der Waals surface area contributed by atoms with E-state index in [0.29, 0.717) is 32.4 Å². The Labute approximate surface area is 180 Å². The van der Waals surface area contributed by atoms with E-state index in [0.717, 1.165) is 29.8 Å². The third-order valence-electron chi connectivity index (χ3n) is 5.57. The molecule has 31 heavy (non-hydrogen) atoms. The highest BCUT2D eigenvalue weighted by atomic mass is 19.1. The summed E-state index contributed by atoms with van der Waals surface area (Å²) in [5.41, 5.74) is 2.67. The maximum absolute atomic E-state index is 13.6. The number of likely N-dealkylation sites (tertiary alicyclic amines) is 1. The van der Waals surface area contributed by atoms with E-state index >= 15 is 0 Å². The Bertz CT molecular complexity index is 1020. The third kappa shape index (κ3) is 5.29. The van der Waals surface area contributed by atoms with Gasteiger partial charge in [-0.05, 0) is 55.2 Å². The number of para-hydroxylation sites is 1. The van der Waals surface area contributed by atoms with E-state index in [1.807, 2.05) is 11.0 Å². The zero-order valence-electron chi connectivity index (χ0n) is 17.2. The second-order valence-electron chi connectivity index (χ2n) is 7.72. The molecule has 5 nitrogen and oxygen atoms in total. The van der Waals surface area contributed by atoms with E-state index in [1.54, 1.807) is 30.3 Å². The van der Waals surface area contributed by atoms with E-state index in [1.165, 1.54) is 18.2 Å². The number of aromatic amines is 1. The maximum atomic E-state index is 13.6. The Morgan fingerprint density at radius 3 is 2.74 bits per heavy atom. The predicted molar refractivity (Wildman–Crippen MR) is 113 cm³/mol. The van der Waals surface area contributed by atoms with Gasteiger partial charge in [-0.25, -0.2) is 8.78 Å². The van der Waals surface area contributed by atoms with Crippen LogP contribution < -0.4 is 4.74 Å². The van der Waals surface area contributed by atoms with Crippen molar-refractivity contribution in [2.24, 2.45) is 0 Å². The lowest BCUT2D eigenvalue weighted by Gasteiger charge is -2.23.